The molecule has 0 spiro atoms. The summed E-state index contributed by atoms with van der Waals surface area (Å²) in [5.74, 6) is 1.25. The van der Waals surface area contributed by atoms with E-state index >= 15 is 0 Å². The molecule has 1 aromatic heterocycles. The molecule has 0 aliphatic heterocycles. The maximum atomic E-state index is 13.7. The number of nitrogens with zero attached hydrogens (tertiary/aromatic N) is 3. The second kappa shape index (κ2) is 7.20. The molecule has 5 saturated carbocycles. The Labute approximate surface area is 171 Å². The zero-order valence-corrected chi connectivity index (χ0v) is 17.3. The Morgan fingerprint density at radius 1 is 1.24 bits per heavy atom. The summed E-state index contributed by atoms with van der Waals surface area (Å²) in [6, 6.07) is 0.00651. The van der Waals surface area contributed by atoms with Crippen LogP contribution in [0.15, 0.2) is 12.5 Å². The highest BCUT2D eigenvalue weighted by molar-refractivity contribution is 5.95. The van der Waals surface area contributed by atoms with Crippen molar-refractivity contribution in [3.05, 3.63) is 18.1 Å². The predicted molar refractivity (Wildman–Crippen MR) is 105 cm³/mol. The van der Waals surface area contributed by atoms with Crippen molar-refractivity contribution in [2.24, 2.45) is 17.8 Å². The van der Waals surface area contributed by atoms with Gasteiger partial charge in [0.2, 0.25) is 5.88 Å². The zero-order chi connectivity index (χ0) is 20.2. The van der Waals surface area contributed by atoms with Gasteiger partial charge >= 0.3 is 0 Å². The minimum Gasteiger partial charge on any atom is -0.474 e. The summed E-state index contributed by atoms with van der Waals surface area (Å²) in [6.45, 7) is 3.83. The van der Waals surface area contributed by atoms with Gasteiger partial charge in [-0.05, 0) is 83.0 Å². The van der Waals surface area contributed by atoms with Crippen LogP contribution in [0.4, 0.5) is 0 Å². The molecule has 1 aromatic rings. The number of hydrogen-bond acceptors (Lipinski definition) is 6. The van der Waals surface area contributed by atoms with E-state index in [1.54, 1.807) is 5.06 Å². The van der Waals surface area contributed by atoms with Crippen molar-refractivity contribution >= 4 is 5.91 Å². The SMILES string of the molecule is CC(C)Oc1ncncc1C(=O)N(OC1CCC1)C1C2CC3CC1CC(O)(C3)C2. The predicted octanol–water partition coefficient (Wildman–Crippen LogP) is 3.13. The van der Waals surface area contributed by atoms with Crippen molar-refractivity contribution in [2.45, 2.75) is 89.1 Å². The van der Waals surface area contributed by atoms with Gasteiger partial charge in [-0.1, -0.05) is 0 Å². The fraction of sp³-hybridized carbons (Fsp3) is 0.773. The number of carbonyl (C=O) groups excluding carboxylic acids is 1. The summed E-state index contributed by atoms with van der Waals surface area (Å²) in [6.07, 6.45) is 10.7. The number of hydrogen-bond donors (Lipinski definition) is 1. The molecular formula is C22H31N3O4. The first kappa shape index (κ1) is 19.2. The summed E-state index contributed by atoms with van der Waals surface area (Å²) in [7, 11) is 0. The third-order valence-corrected chi connectivity index (χ3v) is 7.23. The van der Waals surface area contributed by atoms with Crippen molar-refractivity contribution in [1.29, 1.82) is 0 Å². The Kier molecular flexibility index (Phi) is 4.78. The first-order valence-electron chi connectivity index (χ1n) is 11.1. The fourth-order valence-corrected chi connectivity index (χ4v) is 6.13. The second-order valence-electron chi connectivity index (χ2n) is 9.88. The van der Waals surface area contributed by atoms with Gasteiger partial charge in [0.05, 0.1) is 23.9 Å². The van der Waals surface area contributed by atoms with Crippen LogP contribution in [0.3, 0.4) is 0 Å². The summed E-state index contributed by atoms with van der Waals surface area (Å²) >= 11 is 0. The molecule has 1 heterocycles. The summed E-state index contributed by atoms with van der Waals surface area (Å²) in [4.78, 5) is 28.3. The van der Waals surface area contributed by atoms with Gasteiger partial charge in [-0.2, -0.15) is 0 Å². The number of aliphatic hydroxyl groups is 1. The Bertz CT molecular complexity index is 765. The van der Waals surface area contributed by atoms with Crippen molar-refractivity contribution in [1.82, 2.24) is 15.0 Å². The molecule has 6 rings (SSSR count). The van der Waals surface area contributed by atoms with Crippen LogP contribution in [0.5, 0.6) is 5.88 Å². The van der Waals surface area contributed by atoms with Crippen molar-refractivity contribution < 1.29 is 19.5 Å². The second-order valence-corrected chi connectivity index (χ2v) is 9.88. The van der Waals surface area contributed by atoms with Gasteiger partial charge in [0.25, 0.3) is 5.91 Å². The van der Waals surface area contributed by atoms with Crippen LogP contribution in [0.25, 0.3) is 0 Å². The maximum Gasteiger partial charge on any atom is 0.284 e. The lowest BCUT2D eigenvalue weighted by atomic mass is 9.52. The van der Waals surface area contributed by atoms with E-state index in [9.17, 15) is 9.90 Å². The van der Waals surface area contributed by atoms with Crippen LogP contribution in [0.2, 0.25) is 0 Å². The minimum atomic E-state index is -0.542. The topological polar surface area (TPSA) is 84.8 Å². The molecule has 1 amide bonds. The molecule has 7 nitrogen and oxygen atoms in total. The van der Waals surface area contributed by atoms with E-state index in [1.807, 2.05) is 13.8 Å². The highest BCUT2D eigenvalue weighted by Crippen LogP contribution is 2.57. The van der Waals surface area contributed by atoms with Gasteiger partial charge in [0.1, 0.15) is 11.9 Å². The zero-order valence-electron chi connectivity index (χ0n) is 17.3. The molecule has 7 heteroatoms. The maximum absolute atomic E-state index is 13.7. The van der Waals surface area contributed by atoms with Gasteiger partial charge in [-0.3, -0.25) is 9.63 Å². The lowest BCUT2D eigenvalue weighted by Gasteiger charge is -2.59. The first-order valence-corrected chi connectivity index (χ1v) is 11.1. The van der Waals surface area contributed by atoms with E-state index in [1.165, 1.54) is 12.5 Å². The molecule has 5 aliphatic carbocycles. The van der Waals surface area contributed by atoms with Gasteiger partial charge in [-0.15, -0.1) is 0 Å². The molecule has 5 aliphatic rings. The molecule has 0 radical (unpaired) electrons. The van der Waals surface area contributed by atoms with Crippen LogP contribution >= 0.6 is 0 Å². The molecule has 158 valence electrons. The van der Waals surface area contributed by atoms with Crippen LogP contribution < -0.4 is 4.74 Å². The lowest BCUT2D eigenvalue weighted by Crippen LogP contribution is -2.63. The van der Waals surface area contributed by atoms with Crippen molar-refractivity contribution in [3.63, 3.8) is 0 Å². The van der Waals surface area contributed by atoms with E-state index in [-0.39, 0.29) is 36.0 Å². The monoisotopic (exact) mass is 401 g/mol. The van der Waals surface area contributed by atoms with Gasteiger partial charge in [0, 0.05) is 6.20 Å². The number of aromatic nitrogens is 2. The summed E-state index contributed by atoms with van der Waals surface area (Å²) in [5, 5.41) is 12.6. The molecule has 0 saturated heterocycles. The van der Waals surface area contributed by atoms with Gasteiger partial charge < -0.3 is 9.84 Å². The third-order valence-electron chi connectivity index (χ3n) is 7.23. The molecule has 4 bridgehead atoms. The highest BCUT2D eigenvalue weighted by Gasteiger charge is 2.57. The quantitative estimate of drug-likeness (QED) is 0.737. The van der Waals surface area contributed by atoms with Crippen molar-refractivity contribution in [3.8, 4) is 5.88 Å². The molecule has 1 N–H and O–H groups in total. The van der Waals surface area contributed by atoms with E-state index in [4.69, 9.17) is 9.57 Å². The normalized spacial score (nSPS) is 35.6. The Morgan fingerprint density at radius 3 is 2.55 bits per heavy atom. The molecular weight excluding hydrogens is 370 g/mol. The average Bonchev–Trinajstić information content (AvgIpc) is 2.60. The summed E-state index contributed by atoms with van der Waals surface area (Å²) < 4.78 is 5.79. The largest absolute Gasteiger partial charge is 0.474 e. The van der Waals surface area contributed by atoms with Crippen LogP contribution in [0.1, 0.15) is 75.6 Å². The standard InChI is InChI=1S/C22H31N3O4/c1-13(2)28-20-18(11-23-12-24-20)21(26)25(29-17-4-3-5-17)19-15-6-14-7-16(19)10-22(27,8-14)9-15/h11-17,19,27H,3-10H2,1-2H3. The van der Waals surface area contributed by atoms with Crippen LogP contribution in [0, 0.1) is 17.8 Å². The lowest BCUT2D eigenvalue weighted by molar-refractivity contribution is -0.256. The molecule has 2 atom stereocenters. The van der Waals surface area contributed by atoms with Gasteiger partial charge in [-0.25, -0.2) is 15.0 Å². The minimum absolute atomic E-state index is 0.00651. The van der Waals surface area contributed by atoms with Crippen LogP contribution in [-0.2, 0) is 4.84 Å². The number of ether oxygens (including phenoxy) is 1. The third kappa shape index (κ3) is 3.52. The highest BCUT2D eigenvalue weighted by atomic mass is 16.7. The molecule has 0 aromatic carbocycles. The molecule has 5 fully saturated rings. The van der Waals surface area contributed by atoms with Crippen LogP contribution in [-0.4, -0.2) is 49.9 Å². The number of carbonyl (C=O) groups is 1. The Balaban J connectivity index is 1.46. The average molecular weight is 402 g/mol. The Morgan fingerprint density at radius 2 is 1.97 bits per heavy atom. The summed E-state index contributed by atoms with van der Waals surface area (Å²) in [5.41, 5.74) is -0.187. The number of amides is 1. The molecule has 2 unspecified atom stereocenters. The number of rotatable bonds is 6. The molecule has 29 heavy (non-hydrogen) atoms. The van der Waals surface area contributed by atoms with E-state index in [2.05, 4.69) is 9.97 Å². The van der Waals surface area contributed by atoms with E-state index in [0.717, 1.165) is 51.4 Å². The Hall–Kier alpha value is -1.73. The van der Waals surface area contributed by atoms with E-state index in [0.29, 0.717) is 17.4 Å². The number of hydroxylamine groups is 2. The van der Waals surface area contributed by atoms with Gasteiger partial charge in [0.15, 0.2) is 0 Å². The smallest absolute Gasteiger partial charge is 0.284 e. The van der Waals surface area contributed by atoms with Crippen molar-refractivity contribution in [2.75, 3.05) is 0 Å². The van der Waals surface area contributed by atoms with E-state index < -0.39 is 5.60 Å². The fourth-order valence-electron chi connectivity index (χ4n) is 6.13. The first-order chi connectivity index (χ1) is 13.9.